The van der Waals surface area contributed by atoms with Gasteiger partial charge in [-0.05, 0) is 12.1 Å². The zero-order valence-electron chi connectivity index (χ0n) is 14.7. The van der Waals surface area contributed by atoms with E-state index in [1.165, 1.54) is 14.2 Å². The van der Waals surface area contributed by atoms with Crippen LogP contribution in [0.5, 0.6) is 11.5 Å². The van der Waals surface area contributed by atoms with E-state index in [1.54, 1.807) is 18.2 Å². The zero-order chi connectivity index (χ0) is 19.4. The lowest BCUT2D eigenvalue weighted by atomic mass is 10.1. The summed E-state index contributed by atoms with van der Waals surface area (Å²) in [5.41, 5.74) is 0.437. The van der Waals surface area contributed by atoms with Gasteiger partial charge in [-0.1, -0.05) is 11.3 Å². The highest BCUT2D eigenvalue weighted by molar-refractivity contribution is 7.15. The molecule has 3 atom stereocenters. The van der Waals surface area contributed by atoms with Gasteiger partial charge in [0.2, 0.25) is 5.13 Å². The van der Waals surface area contributed by atoms with E-state index in [9.17, 15) is 9.90 Å². The van der Waals surface area contributed by atoms with Crippen molar-refractivity contribution in [3.05, 3.63) is 23.2 Å². The number of hydrogen-bond donors (Lipinski definition) is 4. The Kier molecular flexibility index (Phi) is 6.06. The Morgan fingerprint density at radius 3 is 2.81 bits per heavy atom. The maximum Gasteiger partial charge on any atom is 0.325 e. The molecule has 10 nitrogen and oxygen atoms in total. The number of nitrogens with one attached hydrogen (secondary N) is 2. The third-order valence-electron chi connectivity index (χ3n) is 4.00. The number of carbonyl (C=O) groups is 1. The summed E-state index contributed by atoms with van der Waals surface area (Å²) in [6, 6.07) is 4.50. The lowest BCUT2D eigenvalue weighted by Crippen LogP contribution is -2.24. The number of anilines is 2. The molecule has 3 rings (SSSR count). The number of amides is 2. The van der Waals surface area contributed by atoms with Crippen molar-refractivity contribution in [3.63, 3.8) is 0 Å². The summed E-state index contributed by atoms with van der Waals surface area (Å²) in [5, 5.41) is 32.9. The first-order chi connectivity index (χ1) is 13.0. The van der Waals surface area contributed by atoms with Crippen LogP contribution < -0.4 is 20.1 Å². The number of urea groups is 1. The minimum atomic E-state index is -0.760. The van der Waals surface area contributed by atoms with Crippen molar-refractivity contribution in [1.82, 2.24) is 10.2 Å². The number of rotatable bonds is 6. The molecule has 2 heterocycles. The van der Waals surface area contributed by atoms with E-state index in [2.05, 4.69) is 20.8 Å². The van der Waals surface area contributed by atoms with Crippen LogP contribution >= 0.6 is 11.3 Å². The minimum absolute atomic E-state index is 0.271. The van der Waals surface area contributed by atoms with Gasteiger partial charge in [0.25, 0.3) is 0 Å². The van der Waals surface area contributed by atoms with Crippen LogP contribution in [0.3, 0.4) is 0 Å². The first-order valence-corrected chi connectivity index (χ1v) is 8.93. The van der Waals surface area contributed by atoms with Gasteiger partial charge in [-0.2, -0.15) is 0 Å². The fourth-order valence-corrected chi connectivity index (χ4v) is 3.42. The summed E-state index contributed by atoms with van der Waals surface area (Å²) >= 11 is 1.13. The van der Waals surface area contributed by atoms with E-state index in [-0.39, 0.29) is 11.7 Å². The molecule has 1 aliphatic heterocycles. The Bertz CT molecular complexity index is 801. The van der Waals surface area contributed by atoms with Gasteiger partial charge in [0, 0.05) is 12.5 Å². The highest BCUT2D eigenvalue weighted by atomic mass is 32.1. The first-order valence-electron chi connectivity index (χ1n) is 8.11. The number of aliphatic hydroxyl groups is 2. The van der Waals surface area contributed by atoms with Crippen LogP contribution in [0.1, 0.15) is 17.5 Å². The largest absolute Gasteiger partial charge is 0.497 e. The maximum absolute atomic E-state index is 12.2. The van der Waals surface area contributed by atoms with Gasteiger partial charge in [-0.3, -0.25) is 5.32 Å². The predicted molar refractivity (Wildman–Crippen MR) is 97.4 cm³/mol. The van der Waals surface area contributed by atoms with Gasteiger partial charge < -0.3 is 29.7 Å². The normalized spacial score (nSPS) is 21.7. The molecular formula is C16H20N4O6S. The summed E-state index contributed by atoms with van der Waals surface area (Å²) in [7, 11) is 3.02. The quantitative estimate of drug-likeness (QED) is 0.575. The minimum Gasteiger partial charge on any atom is -0.497 e. The third kappa shape index (κ3) is 4.45. The summed E-state index contributed by atoms with van der Waals surface area (Å²) in [6.07, 6.45) is -1.55. The molecule has 1 aromatic heterocycles. The Labute approximate surface area is 159 Å². The molecule has 11 heteroatoms. The third-order valence-corrected chi connectivity index (χ3v) is 4.93. The fourth-order valence-electron chi connectivity index (χ4n) is 2.63. The predicted octanol–water partition coefficient (Wildman–Crippen LogP) is 1.38. The van der Waals surface area contributed by atoms with Crippen molar-refractivity contribution < 1.29 is 29.2 Å². The Hall–Kier alpha value is -2.47. The molecule has 1 fully saturated rings. The van der Waals surface area contributed by atoms with Gasteiger partial charge in [0.1, 0.15) is 28.7 Å². The van der Waals surface area contributed by atoms with Crippen LogP contribution in [0.2, 0.25) is 0 Å². The number of carbonyl (C=O) groups excluding carboxylic acids is 1. The Morgan fingerprint density at radius 2 is 2.15 bits per heavy atom. The number of ether oxygens (including phenoxy) is 3. The molecule has 0 spiro atoms. The van der Waals surface area contributed by atoms with Gasteiger partial charge >= 0.3 is 6.03 Å². The molecule has 0 aliphatic carbocycles. The van der Waals surface area contributed by atoms with Crippen LogP contribution in [0.25, 0.3) is 0 Å². The highest BCUT2D eigenvalue weighted by Crippen LogP contribution is 2.35. The van der Waals surface area contributed by atoms with Crippen molar-refractivity contribution >= 4 is 28.2 Å². The topological polar surface area (TPSA) is 135 Å². The standard InChI is InChI=1S/C16H20N4O6S/c1-24-8-3-4-11(25-2)9(5-8)17-15(23)18-16-20-19-14(27-16)12-6-10(22)13(7-21)26-12/h3-5,10,12-13,21-22H,6-7H2,1-2H3,(H2,17,18,20,23)/t10-,12+,13+/m0/s1. The second kappa shape index (κ2) is 8.48. The van der Waals surface area contributed by atoms with E-state index in [4.69, 9.17) is 19.3 Å². The van der Waals surface area contributed by atoms with E-state index >= 15 is 0 Å². The van der Waals surface area contributed by atoms with Crippen molar-refractivity contribution in [2.45, 2.75) is 24.7 Å². The number of aromatic nitrogens is 2. The van der Waals surface area contributed by atoms with E-state index in [0.717, 1.165) is 11.3 Å². The molecular weight excluding hydrogens is 376 g/mol. The summed E-state index contributed by atoms with van der Waals surface area (Å²) in [4.78, 5) is 12.2. The monoisotopic (exact) mass is 396 g/mol. The maximum atomic E-state index is 12.2. The number of methoxy groups -OCH3 is 2. The zero-order valence-corrected chi connectivity index (χ0v) is 15.5. The van der Waals surface area contributed by atoms with Gasteiger partial charge in [0.05, 0.1) is 32.6 Å². The molecule has 146 valence electrons. The second-order valence-electron chi connectivity index (χ2n) is 5.74. The number of benzene rings is 1. The van der Waals surface area contributed by atoms with E-state index < -0.39 is 24.3 Å². The van der Waals surface area contributed by atoms with Crippen molar-refractivity contribution in [1.29, 1.82) is 0 Å². The molecule has 2 aromatic rings. The van der Waals surface area contributed by atoms with Crippen molar-refractivity contribution in [2.75, 3.05) is 31.5 Å². The van der Waals surface area contributed by atoms with Crippen LogP contribution in [-0.4, -0.2) is 59.5 Å². The van der Waals surface area contributed by atoms with Gasteiger partial charge in [0.15, 0.2) is 0 Å². The Morgan fingerprint density at radius 1 is 1.33 bits per heavy atom. The molecule has 2 amide bonds. The fraction of sp³-hybridized carbons (Fsp3) is 0.438. The summed E-state index contributed by atoms with van der Waals surface area (Å²) < 4.78 is 15.9. The van der Waals surface area contributed by atoms with Crippen LogP contribution in [0, 0.1) is 0 Å². The molecule has 27 heavy (non-hydrogen) atoms. The van der Waals surface area contributed by atoms with Crippen molar-refractivity contribution in [2.24, 2.45) is 0 Å². The van der Waals surface area contributed by atoms with E-state index in [1.807, 2.05) is 0 Å². The lowest BCUT2D eigenvalue weighted by molar-refractivity contribution is -0.0227. The van der Waals surface area contributed by atoms with E-state index in [0.29, 0.717) is 28.6 Å². The molecule has 1 saturated heterocycles. The molecule has 0 saturated carbocycles. The Balaban J connectivity index is 1.63. The molecule has 4 N–H and O–H groups in total. The number of hydrogen-bond acceptors (Lipinski definition) is 9. The van der Waals surface area contributed by atoms with Gasteiger partial charge in [-0.15, -0.1) is 10.2 Å². The van der Waals surface area contributed by atoms with Crippen LogP contribution in [0.4, 0.5) is 15.6 Å². The lowest BCUT2D eigenvalue weighted by Gasteiger charge is -2.11. The SMILES string of the molecule is COc1ccc(OC)c(NC(=O)Nc2nnc([C@H]3C[C@H](O)[C@@H](CO)O3)s2)c1. The molecule has 1 aliphatic rings. The molecule has 1 aromatic carbocycles. The molecule has 0 bridgehead atoms. The second-order valence-corrected chi connectivity index (χ2v) is 6.75. The van der Waals surface area contributed by atoms with Crippen molar-refractivity contribution in [3.8, 4) is 11.5 Å². The van der Waals surface area contributed by atoms with Crippen LogP contribution in [-0.2, 0) is 4.74 Å². The summed E-state index contributed by atoms with van der Waals surface area (Å²) in [5.74, 6) is 1.05. The molecule has 0 radical (unpaired) electrons. The summed E-state index contributed by atoms with van der Waals surface area (Å²) in [6.45, 7) is -0.271. The molecule has 0 unspecified atom stereocenters. The van der Waals surface area contributed by atoms with Crippen LogP contribution in [0.15, 0.2) is 18.2 Å². The smallest absolute Gasteiger partial charge is 0.325 e. The number of nitrogens with zero attached hydrogens (tertiary/aromatic N) is 2. The first kappa shape index (κ1) is 19.3. The highest BCUT2D eigenvalue weighted by Gasteiger charge is 2.36. The average molecular weight is 396 g/mol. The average Bonchev–Trinajstić information content (AvgIpc) is 3.27. The van der Waals surface area contributed by atoms with Gasteiger partial charge in [-0.25, -0.2) is 4.79 Å². The number of aliphatic hydroxyl groups excluding tert-OH is 2.